The molecular weight excluding hydrogens is 248 g/mol. The number of hydrogen-bond acceptors (Lipinski definition) is 3. The third-order valence-corrected chi connectivity index (χ3v) is 4.06. The second-order valence-electron chi connectivity index (χ2n) is 5.75. The lowest BCUT2D eigenvalue weighted by molar-refractivity contribution is 0.127. The molecule has 2 rings (SSSR count). The van der Waals surface area contributed by atoms with Gasteiger partial charge in [-0.05, 0) is 51.0 Å². The molecule has 0 unspecified atom stereocenters. The SMILES string of the molecule is CC(C)N(CCOc1ccc(C#N)cc1)C1CCCC1. The molecule has 0 amide bonds. The van der Waals surface area contributed by atoms with Crippen molar-refractivity contribution in [1.29, 1.82) is 5.26 Å². The van der Waals surface area contributed by atoms with Crippen LogP contribution < -0.4 is 4.74 Å². The molecule has 1 aliphatic carbocycles. The molecule has 1 aliphatic rings. The Kier molecular flexibility index (Phi) is 5.43. The van der Waals surface area contributed by atoms with Gasteiger partial charge in [0.15, 0.2) is 0 Å². The molecule has 1 saturated carbocycles. The molecule has 0 aliphatic heterocycles. The molecule has 0 radical (unpaired) electrons. The molecule has 0 heterocycles. The first-order valence-corrected chi connectivity index (χ1v) is 7.59. The fraction of sp³-hybridized carbons (Fsp3) is 0.588. The molecule has 0 N–H and O–H groups in total. The molecule has 3 nitrogen and oxygen atoms in total. The molecule has 1 aromatic carbocycles. The lowest BCUT2D eigenvalue weighted by atomic mass is 10.1. The molecular formula is C17H24N2O. The Labute approximate surface area is 122 Å². The van der Waals surface area contributed by atoms with E-state index in [-0.39, 0.29) is 0 Å². The van der Waals surface area contributed by atoms with E-state index in [1.54, 1.807) is 12.1 Å². The van der Waals surface area contributed by atoms with Gasteiger partial charge in [-0.2, -0.15) is 5.26 Å². The normalized spacial score (nSPS) is 15.8. The Balaban J connectivity index is 1.81. The molecule has 0 atom stereocenters. The van der Waals surface area contributed by atoms with E-state index in [4.69, 9.17) is 10.00 Å². The third kappa shape index (κ3) is 3.98. The molecule has 0 bridgehead atoms. The van der Waals surface area contributed by atoms with Crippen LogP contribution in [-0.4, -0.2) is 30.1 Å². The van der Waals surface area contributed by atoms with Crippen molar-refractivity contribution in [2.24, 2.45) is 0 Å². The first-order chi connectivity index (χ1) is 9.70. The van der Waals surface area contributed by atoms with Crippen LogP contribution in [0.4, 0.5) is 0 Å². The lowest BCUT2D eigenvalue weighted by Crippen LogP contribution is -2.41. The van der Waals surface area contributed by atoms with E-state index < -0.39 is 0 Å². The minimum absolute atomic E-state index is 0.572. The predicted molar refractivity (Wildman–Crippen MR) is 80.8 cm³/mol. The van der Waals surface area contributed by atoms with Gasteiger partial charge in [0.25, 0.3) is 0 Å². The van der Waals surface area contributed by atoms with E-state index in [1.807, 2.05) is 12.1 Å². The van der Waals surface area contributed by atoms with Gasteiger partial charge in [-0.1, -0.05) is 12.8 Å². The second kappa shape index (κ2) is 7.31. The Hall–Kier alpha value is -1.53. The Bertz CT molecular complexity index is 441. The van der Waals surface area contributed by atoms with Crippen LogP contribution in [0.5, 0.6) is 5.75 Å². The van der Waals surface area contributed by atoms with Crippen molar-refractivity contribution in [1.82, 2.24) is 4.90 Å². The Morgan fingerprint density at radius 3 is 2.45 bits per heavy atom. The number of nitrogens with zero attached hydrogens (tertiary/aromatic N) is 2. The number of rotatable bonds is 6. The summed E-state index contributed by atoms with van der Waals surface area (Å²) in [5.74, 6) is 0.846. The summed E-state index contributed by atoms with van der Waals surface area (Å²) in [6.45, 7) is 6.21. The average Bonchev–Trinajstić information content (AvgIpc) is 2.97. The van der Waals surface area contributed by atoms with Crippen LogP contribution in [0.2, 0.25) is 0 Å². The summed E-state index contributed by atoms with van der Waals surface area (Å²) in [5, 5.41) is 8.76. The maximum absolute atomic E-state index is 8.76. The van der Waals surface area contributed by atoms with Gasteiger partial charge in [0.05, 0.1) is 11.6 Å². The van der Waals surface area contributed by atoms with Gasteiger partial charge in [-0.3, -0.25) is 4.90 Å². The summed E-state index contributed by atoms with van der Waals surface area (Å²) in [4.78, 5) is 2.57. The summed E-state index contributed by atoms with van der Waals surface area (Å²) in [7, 11) is 0. The maximum atomic E-state index is 8.76. The monoisotopic (exact) mass is 272 g/mol. The van der Waals surface area contributed by atoms with Crippen molar-refractivity contribution >= 4 is 0 Å². The third-order valence-electron chi connectivity index (χ3n) is 4.06. The molecule has 108 valence electrons. The van der Waals surface area contributed by atoms with Crippen molar-refractivity contribution < 1.29 is 4.74 Å². The smallest absolute Gasteiger partial charge is 0.119 e. The fourth-order valence-electron chi connectivity index (χ4n) is 2.99. The molecule has 3 heteroatoms. The largest absolute Gasteiger partial charge is 0.492 e. The zero-order valence-electron chi connectivity index (χ0n) is 12.5. The molecule has 20 heavy (non-hydrogen) atoms. The minimum Gasteiger partial charge on any atom is -0.492 e. The van der Waals surface area contributed by atoms with Crippen LogP contribution in [0.1, 0.15) is 45.1 Å². The van der Waals surface area contributed by atoms with E-state index in [2.05, 4.69) is 24.8 Å². The highest BCUT2D eigenvalue weighted by Crippen LogP contribution is 2.24. The minimum atomic E-state index is 0.572. The molecule has 1 fully saturated rings. The summed E-state index contributed by atoms with van der Waals surface area (Å²) in [6.07, 6.45) is 5.39. The molecule has 0 spiro atoms. The van der Waals surface area contributed by atoms with Crippen molar-refractivity contribution in [3.8, 4) is 11.8 Å². The average molecular weight is 272 g/mol. The van der Waals surface area contributed by atoms with Gasteiger partial charge >= 0.3 is 0 Å². The number of hydrogen-bond donors (Lipinski definition) is 0. The highest BCUT2D eigenvalue weighted by Gasteiger charge is 2.24. The van der Waals surface area contributed by atoms with E-state index in [1.165, 1.54) is 25.7 Å². The zero-order chi connectivity index (χ0) is 14.4. The van der Waals surface area contributed by atoms with Crippen LogP contribution in [0.25, 0.3) is 0 Å². The lowest BCUT2D eigenvalue weighted by Gasteiger charge is -2.32. The van der Waals surface area contributed by atoms with Gasteiger partial charge in [0, 0.05) is 18.6 Å². The van der Waals surface area contributed by atoms with Crippen molar-refractivity contribution in [2.45, 2.75) is 51.6 Å². The number of ether oxygens (including phenoxy) is 1. The second-order valence-corrected chi connectivity index (χ2v) is 5.75. The fourth-order valence-corrected chi connectivity index (χ4v) is 2.99. The van der Waals surface area contributed by atoms with E-state index >= 15 is 0 Å². The summed E-state index contributed by atoms with van der Waals surface area (Å²) in [6, 6.07) is 10.8. The van der Waals surface area contributed by atoms with Crippen molar-refractivity contribution in [3.05, 3.63) is 29.8 Å². The Morgan fingerprint density at radius 2 is 1.90 bits per heavy atom. The Morgan fingerprint density at radius 1 is 1.25 bits per heavy atom. The summed E-state index contributed by atoms with van der Waals surface area (Å²) >= 11 is 0. The zero-order valence-corrected chi connectivity index (χ0v) is 12.5. The quantitative estimate of drug-likeness (QED) is 0.794. The first-order valence-electron chi connectivity index (χ1n) is 7.59. The molecule has 0 aromatic heterocycles. The van der Waals surface area contributed by atoms with Crippen LogP contribution in [0.3, 0.4) is 0 Å². The first kappa shape index (κ1) is 14.9. The van der Waals surface area contributed by atoms with Gasteiger partial charge < -0.3 is 4.74 Å². The van der Waals surface area contributed by atoms with E-state index in [0.717, 1.165) is 18.3 Å². The number of nitriles is 1. The molecule has 0 saturated heterocycles. The van der Waals surface area contributed by atoms with Crippen LogP contribution in [0.15, 0.2) is 24.3 Å². The topological polar surface area (TPSA) is 36.3 Å². The summed E-state index contributed by atoms with van der Waals surface area (Å²) < 4.78 is 5.79. The highest BCUT2D eigenvalue weighted by molar-refractivity contribution is 5.34. The van der Waals surface area contributed by atoms with Gasteiger partial charge in [0.2, 0.25) is 0 Å². The van der Waals surface area contributed by atoms with Crippen molar-refractivity contribution in [2.75, 3.05) is 13.2 Å². The number of benzene rings is 1. The van der Waals surface area contributed by atoms with E-state index in [9.17, 15) is 0 Å². The summed E-state index contributed by atoms with van der Waals surface area (Å²) in [5.41, 5.74) is 0.673. The standard InChI is InChI=1S/C17H24N2O/c1-14(2)19(16-5-3-4-6-16)11-12-20-17-9-7-15(13-18)8-10-17/h7-10,14,16H,3-6,11-12H2,1-2H3. The van der Waals surface area contributed by atoms with Gasteiger partial charge in [0.1, 0.15) is 12.4 Å². The predicted octanol–water partition coefficient (Wildman–Crippen LogP) is 3.59. The van der Waals surface area contributed by atoms with Crippen LogP contribution in [0, 0.1) is 11.3 Å². The highest BCUT2D eigenvalue weighted by atomic mass is 16.5. The van der Waals surface area contributed by atoms with Gasteiger partial charge in [-0.25, -0.2) is 0 Å². The molecule has 1 aromatic rings. The van der Waals surface area contributed by atoms with E-state index in [0.29, 0.717) is 18.2 Å². The van der Waals surface area contributed by atoms with Gasteiger partial charge in [-0.15, -0.1) is 0 Å². The maximum Gasteiger partial charge on any atom is 0.119 e. The van der Waals surface area contributed by atoms with Crippen LogP contribution >= 0.6 is 0 Å². The van der Waals surface area contributed by atoms with Crippen LogP contribution in [-0.2, 0) is 0 Å². The van der Waals surface area contributed by atoms with Crippen molar-refractivity contribution in [3.63, 3.8) is 0 Å².